The Kier molecular flexibility index (Phi) is 2.69. The minimum absolute atomic E-state index is 0.820. The number of rotatable bonds is 2. The first kappa shape index (κ1) is 9.48. The van der Waals surface area contributed by atoms with Gasteiger partial charge >= 0.3 is 0 Å². The van der Waals surface area contributed by atoms with Gasteiger partial charge in [0.05, 0.1) is 6.54 Å². The van der Waals surface area contributed by atoms with E-state index in [0.717, 1.165) is 11.0 Å². The maximum absolute atomic E-state index is 3.93. The van der Waals surface area contributed by atoms with Gasteiger partial charge < -0.3 is 0 Å². The van der Waals surface area contributed by atoms with Crippen LogP contribution in [0, 0.1) is 0 Å². The molecular weight excluding hydrogens is 244 g/mol. The number of hydrogen-bond donors (Lipinski definition) is 1. The molecule has 2 rings (SSSR count). The number of hydrazone groups is 1. The highest BCUT2D eigenvalue weighted by Crippen LogP contribution is 2.12. The van der Waals surface area contributed by atoms with Gasteiger partial charge in [0.25, 0.3) is 0 Å². The van der Waals surface area contributed by atoms with E-state index in [-0.39, 0.29) is 0 Å². The van der Waals surface area contributed by atoms with Gasteiger partial charge in [0.2, 0.25) is 0 Å². The summed E-state index contributed by atoms with van der Waals surface area (Å²) in [5, 5.41) is 7.75. The summed E-state index contributed by atoms with van der Waals surface area (Å²) in [6, 6.07) is 8.25. The minimum atomic E-state index is 0.820. The van der Waals surface area contributed by atoms with E-state index in [0.29, 0.717) is 0 Å². The molecule has 0 aromatic heterocycles. The Labute approximate surface area is 91.3 Å². The van der Waals surface area contributed by atoms with Crippen molar-refractivity contribution in [1.29, 1.82) is 0 Å². The topological polar surface area (TPSA) is 30.9 Å². The summed E-state index contributed by atoms with van der Waals surface area (Å²) in [5.41, 5.74) is 4.07. The fraction of sp³-hybridized carbons (Fsp3) is 0.222. The first-order valence-electron chi connectivity index (χ1n) is 4.29. The van der Waals surface area contributed by atoms with Crippen molar-refractivity contribution in [2.24, 2.45) is 5.10 Å². The SMILES string of the molecule is CN1NN=CN1Cc1ccc(Br)cc1. The van der Waals surface area contributed by atoms with Gasteiger partial charge in [0.1, 0.15) is 6.34 Å². The molecule has 1 heterocycles. The lowest BCUT2D eigenvalue weighted by atomic mass is 10.2. The molecule has 0 saturated carbocycles. The summed E-state index contributed by atoms with van der Waals surface area (Å²) in [6.07, 6.45) is 1.77. The van der Waals surface area contributed by atoms with Gasteiger partial charge in [-0.1, -0.05) is 28.1 Å². The van der Waals surface area contributed by atoms with Gasteiger partial charge in [-0.25, -0.2) is 5.53 Å². The number of nitrogens with zero attached hydrogens (tertiary/aromatic N) is 3. The average molecular weight is 255 g/mol. The smallest absolute Gasteiger partial charge is 0.129 e. The Bertz CT molecular complexity index is 335. The molecule has 1 aromatic rings. The van der Waals surface area contributed by atoms with Crippen molar-refractivity contribution in [3.05, 3.63) is 34.3 Å². The summed E-state index contributed by atoms with van der Waals surface area (Å²) in [6.45, 7) is 0.820. The fourth-order valence-electron chi connectivity index (χ4n) is 1.23. The van der Waals surface area contributed by atoms with Crippen LogP contribution in [-0.4, -0.2) is 23.5 Å². The lowest BCUT2D eigenvalue weighted by molar-refractivity contribution is 0.0443. The molecule has 1 aromatic carbocycles. The molecule has 0 spiro atoms. The monoisotopic (exact) mass is 254 g/mol. The molecule has 0 atom stereocenters. The van der Waals surface area contributed by atoms with Crippen molar-refractivity contribution in [3.63, 3.8) is 0 Å². The predicted octanol–water partition coefficient (Wildman–Crippen LogP) is 1.56. The second kappa shape index (κ2) is 3.98. The molecule has 0 amide bonds. The van der Waals surface area contributed by atoms with Gasteiger partial charge in [-0.2, -0.15) is 5.10 Å². The van der Waals surface area contributed by atoms with Crippen molar-refractivity contribution in [2.45, 2.75) is 6.54 Å². The normalized spacial score (nSPS) is 16.0. The van der Waals surface area contributed by atoms with Crippen LogP contribution in [0.1, 0.15) is 5.56 Å². The maximum atomic E-state index is 3.93. The van der Waals surface area contributed by atoms with E-state index in [1.165, 1.54) is 5.56 Å². The molecule has 5 heteroatoms. The molecule has 0 aliphatic carbocycles. The van der Waals surface area contributed by atoms with Crippen LogP contribution in [-0.2, 0) is 6.54 Å². The number of hydrazine groups is 2. The number of halogens is 1. The molecule has 1 N–H and O–H groups in total. The molecule has 0 radical (unpaired) electrons. The summed E-state index contributed by atoms with van der Waals surface area (Å²) in [7, 11) is 1.92. The number of nitrogens with one attached hydrogen (secondary N) is 1. The second-order valence-electron chi connectivity index (χ2n) is 3.09. The zero-order chi connectivity index (χ0) is 9.97. The van der Waals surface area contributed by atoms with Crippen LogP contribution in [0.4, 0.5) is 0 Å². The van der Waals surface area contributed by atoms with Crippen LogP contribution in [0.15, 0.2) is 33.8 Å². The average Bonchev–Trinajstić information content (AvgIpc) is 2.56. The molecule has 74 valence electrons. The highest BCUT2D eigenvalue weighted by Gasteiger charge is 2.11. The van der Waals surface area contributed by atoms with E-state index < -0.39 is 0 Å². The van der Waals surface area contributed by atoms with E-state index in [9.17, 15) is 0 Å². The van der Waals surface area contributed by atoms with Gasteiger partial charge in [-0.15, -0.1) is 5.12 Å². The maximum Gasteiger partial charge on any atom is 0.129 e. The highest BCUT2D eigenvalue weighted by molar-refractivity contribution is 9.10. The van der Waals surface area contributed by atoms with Crippen molar-refractivity contribution in [2.75, 3.05) is 7.05 Å². The fourth-order valence-corrected chi connectivity index (χ4v) is 1.50. The standard InChI is InChI=1S/C9H11BrN4/c1-13-12-11-7-14(13)6-8-2-4-9(10)5-3-8/h2-5,7,12H,6H2,1H3. The van der Waals surface area contributed by atoms with Gasteiger partial charge in [-0.05, 0) is 17.7 Å². The first-order valence-corrected chi connectivity index (χ1v) is 5.08. The van der Waals surface area contributed by atoms with Gasteiger partial charge in [0, 0.05) is 11.5 Å². The quantitative estimate of drug-likeness (QED) is 0.870. The van der Waals surface area contributed by atoms with Crippen molar-refractivity contribution < 1.29 is 0 Å². The Hall–Kier alpha value is -1.07. The largest absolute Gasteiger partial charge is 0.271 e. The summed E-state index contributed by atoms with van der Waals surface area (Å²) >= 11 is 3.41. The Morgan fingerprint density at radius 1 is 1.36 bits per heavy atom. The molecular formula is C9H11BrN4. The predicted molar refractivity (Wildman–Crippen MR) is 59.1 cm³/mol. The first-order chi connectivity index (χ1) is 6.75. The van der Waals surface area contributed by atoms with Crippen LogP contribution < -0.4 is 5.53 Å². The Morgan fingerprint density at radius 2 is 2.07 bits per heavy atom. The van der Waals surface area contributed by atoms with Crippen LogP contribution in [0.25, 0.3) is 0 Å². The molecule has 0 saturated heterocycles. The van der Waals surface area contributed by atoms with Crippen molar-refractivity contribution in [1.82, 2.24) is 15.7 Å². The van der Waals surface area contributed by atoms with E-state index in [4.69, 9.17) is 0 Å². The Morgan fingerprint density at radius 3 is 2.64 bits per heavy atom. The lowest BCUT2D eigenvalue weighted by Gasteiger charge is -2.22. The summed E-state index contributed by atoms with van der Waals surface area (Å²) in [5.74, 6) is 0. The summed E-state index contributed by atoms with van der Waals surface area (Å²) in [4.78, 5) is 0. The molecule has 14 heavy (non-hydrogen) atoms. The van der Waals surface area contributed by atoms with Crippen LogP contribution in [0.5, 0.6) is 0 Å². The van der Waals surface area contributed by atoms with E-state index in [2.05, 4.69) is 38.7 Å². The number of hydrogen-bond acceptors (Lipinski definition) is 4. The molecule has 0 fully saturated rings. The third-order valence-corrected chi connectivity index (χ3v) is 2.57. The third-order valence-electron chi connectivity index (χ3n) is 2.04. The zero-order valence-electron chi connectivity index (χ0n) is 7.81. The zero-order valence-corrected chi connectivity index (χ0v) is 9.40. The van der Waals surface area contributed by atoms with Gasteiger partial charge in [-0.3, -0.25) is 5.01 Å². The molecule has 1 aliphatic heterocycles. The number of benzene rings is 1. The van der Waals surface area contributed by atoms with Crippen LogP contribution in [0.3, 0.4) is 0 Å². The van der Waals surface area contributed by atoms with Crippen molar-refractivity contribution in [3.8, 4) is 0 Å². The third kappa shape index (κ3) is 2.05. The summed E-state index contributed by atoms with van der Waals surface area (Å²) < 4.78 is 1.10. The van der Waals surface area contributed by atoms with Crippen LogP contribution in [0.2, 0.25) is 0 Å². The second-order valence-corrected chi connectivity index (χ2v) is 4.01. The van der Waals surface area contributed by atoms with Crippen LogP contribution >= 0.6 is 15.9 Å². The van der Waals surface area contributed by atoms with Crippen molar-refractivity contribution >= 4 is 22.3 Å². The van der Waals surface area contributed by atoms with E-state index >= 15 is 0 Å². The van der Waals surface area contributed by atoms with Gasteiger partial charge in [0.15, 0.2) is 0 Å². The molecule has 0 bridgehead atoms. The highest BCUT2D eigenvalue weighted by atomic mass is 79.9. The van der Waals surface area contributed by atoms with E-state index in [1.54, 1.807) is 6.34 Å². The molecule has 1 aliphatic rings. The molecule has 4 nitrogen and oxygen atoms in total. The molecule has 0 unspecified atom stereocenters. The lowest BCUT2D eigenvalue weighted by Crippen LogP contribution is -2.38. The Balaban J connectivity index is 2.03. The minimum Gasteiger partial charge on any atom is -0.271 e. The van der Waals surface area contributed by atoms with E-state index in [1.807, 2.05) is 29.3 Å².